The van der Waals surface area contributed by atoms with E-state index in [4.69, 9.17) is 0 Å². The summed E-state index contributed by atoms with van der Waals surface area (Å²) in [4.78, 5) is 0. The van der Waals surface area contributed by atoms with Crippen LogP contribution in [0.4, 0.5) is 0 Å². The van der Waals surface area contributed by atoms with E-state index in [2.05, 4.69) is 104 Å². The largest absolute Gasteiger partial charge is 0.0952 e. The third kappa shape index (κ3) is 7.21. The number of hydrogen-bond donors (Lipinski definition) is 0. The lowest BCUT2D eigenvalue weighted by Crippen LogP contribution is -2.00. The fraction of sp³-hybridized carbons (Fsp3) is 0.407. The maximum absolute atomic E-state index is 4.43. The molecule has 0 heteroatoms. The first-order valence-electron chi connectivity index (χ1n) is 10.3. The number of unbranched alkanes of at least 4 members (excludes halogenated alkanes) is 1. The molecule has 2 aromatic rings. The van der Waals surface area contributed by atoms with E-state index in [9.17, 15) is 0 Å². The Morgan fingerprint density at radius 1 is 0.926 bits per heavy atom. The van der Waals surface area contributed by atoms with Gasteiger partial charge in [0.1, 0.15) is 0 Å². The van der Waals surface area contributed by atoms with Crippen molar-refractivity contribution in [3.8, 4) is 0 Å². The average molecular weight is 363 g/mol. The van der Waals surface area contributed by atoms with Crippen LogP contribution < -0.4 is 0 Å². The lowest BCUT2D eigenvalue weighted by Gasteiger charge is -2.20. The van der Waals surface area contributed by atoms with Crippen LogP contribution in [0.2, 0.25) is 0 Å². The maximum Gasteiger partial charge on any atom is -0.0150 e. The zero-order valence-corrected chi connectivity index (χ0v) is 18.5. The van der Waals surface area contributed by atoms with Crippen LogP contribution in [0.25, 0.3) is 5.57 Å². The van der Waals surface area contributed by atoms with Gasteiger partial charge in [0, 0.05) is 0 Å². The number of rotatable bonds is 6. The van der Waals surface area contributed by atoms with Crippen LogP contribution in [0.3, 0.4) is 0 Å². The van der Waals surface area contributed by atoms with E-state index in [0.29, 0.717) is 5.92 Å². The summed E-state index contributed by atoms with van der Waals surface area (Å²) in [6, 6.07) is 17.4. The van der Waals surface area contributed by atoms with E-state index >= 15 is 0 Å². The van der Waals surface area contributed by atoms with Gasteiger partial charge in [-0.15, -0.1) is 0 Å². The Labute approximate surface area is 168 Å². The van der Waals surface area contributed by atoms with Gasteiger partial charge in [0.25, 0.3) is 0 Å². The van der Waals surface area contributed by atoms with E-state index in [1.54, 1.807) is 0 Å². The molecule has 0 nitrogen and oxygen atoms in total. The summed E-state index contributed by atoms with van der Waals surface area (Å²) in [5, 5.41) is 0. The molecule has 0 heterocycles. The number of allylic oxidation sites excluding steroid dienone is 3. The first-order valence-corrected chi connectivity index (χ1v) is 10.3. The molecule has 0 spiro atoms. The third-order valence-corrected chi connectivity index (χ3v) is 4.94. The highest BCUT2D eigenvalue weighted by Crippen LogP contribution is 2.34. The topological polar surface area (TPSA) is 0 Å². The SMILES string of the molecule is C=C(CC(C)c1ccccc1)C(=C(C)C)c1cc(C)ccc1C.CCCC. The first kappa shape index (κ1) is 23.0. The van der Waals surface area contributed by atoms with Crippen molar-refractivity contribution < 1.29 is 0 Å². The zero-order valence-electron chi connectivity index (χ0n) is 18.5. The molecule has 0 aliphatic rings. The fourth-order valence-corrected chi connectivity index (χ4v) is 3.19. The fourth-order valence-electron chi connectivity index (χ4n) is 3.19. The molecule has 2 aromatic carbocycles. The molecule has 0 saturated carbocycles. The molecule has 1 unspecified atom stereocenters. The van der Waals surface area contributed by atoms with Crippen molar-refractivity contribution in [3.63, 3.8) is 0 Å². The Bertz CT molecular complexity index is 741. The quantitative estimate of drug-likeness (QED) is 0.451. The first-order chi connectivity index (χ1) is 12.8. The van der Waals surface area contributed by atoms with Gasteiger partial charge in [-0.1, -0.05) is 99.9 Å². The van der Waals surface area contributed by atoms with Crippen LogP contribution in [0.1, 0.15) is 82.1 Å². The van der Waals surface area contributed by atoms with E-state index in [-0.39, 0.29) is 0 Å². The molecule has 0 fully saturated rings. The second-order valence-electron chi connectivity index (χ2n) is 7.81. The smallest absolute Gasteiger partial charge is 0.0150 e. The van der Waals surface area contributed by atoms with E-state index in [1.165, 1.54) is 51.8 Å². The number of hydrogen-bond acceptors (Lipinski definition) is 0. The molecule has 0 N–H and O–H groups in total. The highest BCUT2D eigenvalue weighted by Gasteiger charge is 2.14. The van der Waals surface area contributed by atoms with Crippen LogP contribution in [-0.4, -0.2) is 0 Å². The average Bonchev–Trinajstić information content (AvgIpc) is 2.65. The van der Waals surface area contributed by atoms with Gasteiger partial charge in [0.05, 0.1) is 0 Å². The van der Waals surface area contributed by atoms with Crippen LogP contribution in [-0.2, 0) is 0 Å². The molecule has 0 radical (unpaired) electrons. The highest BCUT2D eigenvalue weighted by atomic mass is 14.2. The summed E-state index contributed by atoms with van der Waals surface area (Å²) in [5.74, 6) is 0.475. The molecule has 0 aromatic heterocycles. The van der Waals surface area contributed by atoms with E-state index in [0.717, 1.165) is 6.42 Å². The predicted molar refractivity (Wildman–Crippen MR) is 123 cm³/mol. The Morgan fingerprint density at radius 2 is 1.52 bits per heavy atom. The molecule has 0 saturated heterocycles. The molecule has 0 aliphatic carbocycles. The monoisotopic (exact) mass is 362 g/mol. The summed E-state index contributed by atoms with van der Waals surface area (Å²) in [6.45, 7) is 19.8. The number of aryl methyl sites for hydroxylation is 2. The Balaban J connectivity index is 0.000000828. The Morgan fingerprint density at radius 3 is 2.04 bits per heavy atom. The summed E-state index contributed by atoms with van der Waals surface area (Å²) < 4.78 is 0. The summed E-state index contributed by atoms with van der Waals surface area (Å²) >= 11 is 0. The number of benzene rings is 2. The van der Waals surface area contributed by atoms with Gasteiger partial charge in [-0.25, -0.2) is 0 Å². The summed E-state index contributed by atoms with van der Waals surface area (Å²) in [6.07, 6.45) is 3.62. The Kier molecular flexibility index (Phi) is 9.86. The lowest BCUT2D eigenvalue weighted by atomic mass is 9.85. The molecule has 0 amide bonds. The predicted octanol–water partition coefficient (Wildman–Crippen LogP) is 8.65. The van der Waals surface area contributed by atoms with Gasteiger partial charge in [-0.3, -0.25) is 0 Å². The minimum absolute atomic E-state index is 0.475. The standard InChI is InChI=1S/C23H28.C4H10/c1-16(2)23(22-14-17(3)12-13-18(22)4)20(6)15-19(5)21-10-8-7-9-11-21;1-3-4-2/h7-14,19H,6,15H2,1-5H3;3-4H2,1-2H3. The minimum atomic E-state index is 0.475. The normalized spacial score (nSPS) is 11.2. The molecular weight excluding hydrogens is 324 g/mol. The minimum Gasteiger partial charge on any atom is -0.0952 e. The molecular formula is C27H38. The van der Waals surface area contributed by atoms with Crippen molar-refractivity contribution in [2.75, 3.05) is 0 Å². The van der Waals surface area contributed by atoms with Gasteiger partial charge in [-0.2, -0.15) is 0 Å². The van der Waals surface area contributed by atoms with Gasteiger partial charge in [0.2, 0.25) is 0 Å². The van der Waals surface area contributed by atoms with E-state index in [1.807, 2.05) is 0 Å². The second-order valence-corrected chi connectivity index (χ2v) is 7.81. The van der Waals surface area contributed by atoms with Crippen LogP contribution >= 0.6 is 0 Å². The van der Waals surface area contributed by atoms with Crippen molar-refractivity contribution in [1.29, 1.82) is 0 Å². The molecule has 146 valence electrons. The van der Waals surface area contributed by atoms with Gasteiger partial charge in [0.15, 0.2) is 0 Å². The zero-order chi connectivity index (χ0) is 20.4. The maximum atomic E-state index is 4.43. The molecule has 0 bridgehead atoms. The lowest BCUT2D eigenvalue weighted by molar-refractivity contribution is 0.765. The van der Waals surface area contributed by atoms with Gasteiger partial charge >= 0.3 is 0 Å². The molecule has 0 aliphatic heterocycles. The summed E-state index contributed by atoms with van der Waals surface area (Å²) in [7, 11) is 0. The van der Waals surface area contributed by atoms with Gasteiger partial charge < -0.3 is 0 Å². The molecule has 1 atom stereocenters. The van der Waals surface area contributed by atoms with Crippen molar-refractivity contribution in [2.24, 2.45) is 0 Å². The van der Waals surface area contributed by atoms with Crippen molar-refractivity contribution >= 4 is 5.57 Å². The van der Waals surface area contributed by atoms with E-state index < -0.39 is 0 Å². The van der Waals surface area contributed by atoms with Gasteiger partial charge in [-0.05, 0) is 67.9 Å². The van der Waals surface area contributed by atoms with Crippen LogP contribution in [0, 0.1) is 13.8 Å². The van der Waals surface area contributed by atoms with Crippen molar-refractivity contribution in [2.45, 2.75) is 73.6 Å². The summed E-state index contributed by atoms with van der Waals surface area (Å²) in [5.41, 5.74) is 9.22. The van der Waals surface area contributed by atoms with Crippen molar-refractivity contribution in [1.82, 2.24) is 0 Å². The van der Waals surface area contributed by atoms with Crippen LogP contribution in [0.15, 0.2) is 66.3 Å². The van der Waals surface area contributed by atoms with Crippen LogP contribution in [0.5, 0.6) is 0 Å². The molecule has 2 rings (SSSR count). The Hall–Kier alpha value is -2.08. The highest BCUT2D eigenvalue weighted by molar-refractivity contribution is 5.82. The van der Waals surface area contributed by atoms with Crippen molar-refractivity contribution in [3.05, 3.63) is 88.5 Å². The second kappa shape index (κ2) is 11.6. The molecule has 27 heavy (non-hydrogen) atoms. The third-order valence-electron chi connectivity index (χ3n) is 4.94.